The van der Waals surface area contributed by atoms with E-state index in [1.807, 2.05) is 5.57 Å². The van der Waals surface area contributed by atoms with Gasteiger partial charge in [0.1, 0.15) is 0 Å². The van der Waals surface area contributed by atoms with E-state index >= 15 is 0 Å². The molecule has 0 bridgehead atoms. The lowest BCUT2D eigenvalue weighted by Gasteiger charge is -2.68. The van der Waals surface area contributed by atoms with Crippen molar-refractivity contribution in [2.75, 3.05) is 0 Å². The molecule has 8 fully saturated rings. The molecule has 14 atom stereocenters. The zero-order valence-electron chi connectivity index (χ0n) is 37.3. The summed E-state index contributed by atoms with van der Waals surface area (Å²) in [6, 6.07) is 3.79. The lowest BCUT2D eigenvalue weighted by Crippen LogP contribution is -2.74. The molecule has 14 unspecified atom stereocenters. The Hall–Kier alpha value is -1.06. The number of fused-ring (bicyclic) bond motifs is 8. The minimum atomic E-state index is 0.250. The molecule has 11 rings (SSSR count). The van der Waals surface area contributed by atoms with Crippen LogP contribution >= 0.6 is 0 Å². The van der Waals surface area contributed by atoms with Gasteiger partial charge in [0.2, 0.25) is 0 Å². The van der Waals surface area contributed by atoms with Crippen molar-refractivity contribution in [1.29, 1.82) is 0 Å². The minimum absolute atomic E-state index is 0.250. The maximum absolute atomic E-state index is 3.46. The van der Waals surface area contributed by atoms with Gasteiger partial charge in [0.15, 0.2) is 6.71 Å². The van der Waals surface area contributed by atoms with E-state index in [0.29, 0.717) is 22.2 Å². The van der Waals surface area contributed by atoms with Crippen LogP contribution in [0.3, 0.4) is 0 Å². The fourth-order valence-electron chi connectivity index (χ4n) is 18.7. The summed E-state index contributed by atoms with van der Waals surface area (Å²) >= 11 is 0. The summed E-state index contributed by atoms with van der Waals surface area (Å²) in [5.41, 5.74) is 5.07. The van der Waals surface area contributed by atoms with E-state index in [-0.39, 0.29) is 5.54 Å². The van der Waals surface area contributed by atoms with E-state index in [9.17, 15) is 0 Å². The van der Waals surface area contributed by atoms with Gasteiger partial charge >= 0.3 is 0 Å². The zero-order chi connectivity index (χ0) is 38.5. The average molecular weight is 757 g/mol. The third-order valence-corrected chi connectivity index (χ3v) is 21.0. The second-order valence-electron chi connectivity index (χ2n) is 25.3. The normalized spacial score (nSPS) is 46.8. The summed E-state index contributed by atoms with van der Waals surface area (Å²) in [6.45, 7) is 22.1. The zero-order valence-corrected chi connectivity index (χ0v) is 37.3. The summed E-state index contributed by atoms with van der Waals surface area (Å²) < 4.78 is 0. The van der Waals surface area contributed by atoms with E-state index in [1.54, 1.807) is 5.57 Å². The first kappa shape index (κ1) is 37.9. The van der Waals surface area contributed by atoms with Crippen LogP contribution in [0, 0.1) is 57.7 Å². The van der Waals surface area contributed by atoms with E-state index < -0.39 is 0 Å². The van der Waals surface area contributed by atoms with Gasteiger partial charge in [-0.25, -0.2) is 0 Å². The van der Waals surface area contributed by atoms with Crippen molar-refractivity contribution in [3.05, 3.63) is 47.6 Å². The Bertz CT molecular complexity index is 1650. The van der Waals surface area contributed by atoms with Gasteiger partial charge in [-0.3, -0.25) is 9.80 Å². The molecule has 0 aromatic rings. The molecule has 306 valence electrons. The Morgan fingerprint density at radius 3 is 2.20 bits per heavy atom. The monoisotopic (exact) mass is 757 g/mol. The van der Waals surface area contributed by atoms with Crippen LogP contribution in [0.5, 0.6) is 0 Å². The first-order chi connectivity index (χ1) is 26.8. The maximum atomic E-state index is 3.46. The Morgan fingerprint density at radius 2 is 1.48 bits per heavy atom. The van der Waals surface area contributed by atoms with Crippen molar-refractivity contribution < 1.29 is 0 Å². The standard InChI is InChI=1S/C53H81BN2/c1-50(2,3)36-22-25-43-39(30-36)40-31-37(51(4,5)6)32-42-48(40)55(43)44-28-35(33-18-12-9-13-19-33)29-45-47(44)54(42)41-24-23-38(34-20-14-10-15-21-34)46-49(41)56(45)52(7,8)53(46)26-16-11-17-27-53/h14,20-21,23-24,30,33,35-38,40-49H,9-13,15-19,22,25-29,31-32H2,1-8H3. The average Bonchev–Trinajstić information content (AvgIpc) is 3.62. The van der Waals surface area contributed by atoms with Crippen LogP contribution < -0.4 is 0 Å². The summed E-state index contributed by atoms with van der Waals surface area (Å²) in [7, 11) is 0. The van der Waals surface area contributed by atoms with Gasteiger partial charge in [-0.15, -0.1) is 0 Å². The lowest BCUT2D eigenvalue weighted by atomic mass is 9.18. The molecule has 4 aliphatic heterocycles. The molecular formula is C53H81BN2. The van der Waals surface area contributed by atoms with Gasteiger partial charge in [0.25, 0.3) is 0 Å². The summed E-state index contributed by atoms with van der Waals surface area (Å²) in [5.74, 6) is 8.05. The first-order valence-corrected chi connectivity index (χ1v) is 25.1. The second kappa shape index (κ2) is 13.2. The topological polar surface area (TPSA) is 6.48 Å². The van der Waals surface area contributed by atoms with Crippen molar-refractivity contribution >= 4 is 6.71 Å². The molecule has 0 radical (unpaired) electrons. The van der Waals surface area contributed by atoms with Crippen molar-refractivity contribution in [3.63, 3.8) is 0 Å². The summed E-state index contributed by atoms with van der Waals surface area (Å²) in [5, 5.41) is 0. The third-order valence-electron chi connectivity index (χ3n) is 21.0. The number of nitrogens with zero attached hydrogens (tertiary/aromatic N) is 2. The highest BCUT2D eigenvalue weighted by Crippen LogP contribution is 2.74. The molecule has 3 heteroatoms. The Balaban J connectivity index is 1.11. The van der Waals surface area contributed by atoms with E-state index in [1.165, 1.54) is 116 Å². The third kappa shape index (κ3) is 5.32. The molecule has 56 heavy (non-hydrogen) atoms. The summed E-state index contributed by atoms with van der Waals surface area (Å²) in [4.78, 5) is 6.90. The van der Waals surface area contributed by atoms with Gasteiger partial charge in [0, 0.05) is 41.7 Å². The largest absolute Gasteiger partial charge is 0.292 e. The Kier molecular flexibility index (Phi) is 8.95. The SMILES string of the molecule is CC(C)(C)C1C=C2C3CC(C(C)(C)C)CC4B5C6C=CC(C7=CCCC=C7)C7C6N(C6CC(C8CCCCC8)CC(C56)N(C2CC1)C43)C(C)(C)C71CCCCC1. The van der Waals surface area contributed by atoms with E-state index in [4.69, 9.17) is 0 Å². The minimum Gasteiger partial charge on any atom is -0.292 e. The summed E-state index contributed by atoms with van der Waals surface area (Å²) in [6.07, 6.45) is 42.8. The predicted octanol–water partition coefficient (Wildman–Crippen LogP) is 13.3. The van der Waals surface area contributed by atoms with E-state index in [0.717, 1.165) is 89.9 Å². The molecular weight excluding hydrogens is 675 g/mol. The second-order valence-corrected chi connectivity index (χ2v) is 25.3. The molecule has 7 aliphatic carbocycles. The van der Waals surface area contributed by atoms with Crippen molar-refractivity contribution in [1.82, 2.24) is 9.80 Å². The maximum Gasteiger partial charge on any atom is 0.161 e. The number of hydrogen-bond donors (Lipinski definition) is 0. The molecule has 11 aliphatic rings. The fourth-order valence-corrected chi connectivity index (χ4v) is 18.7. The van der Waals surface area contributed by atoms with Crippen LogP contribution in [0.4, 0.5) is 0 Å². The smallest absolute Gasteiger partial charge is 0.161 e. The molecule has 0 amide bonds. The van der Waals surface area contributed by atoms with Crippen LogP contribution in [0.1, 0.15) is 171 Å². The molecule has 4 saturated carbocycles. The van der Waals surface area contributed by atoms with Crippen molar-refractivity contribution in [2.24, 2.45) is 57.7 Å². The lowest BCUT2D eigenvalue weighted by molar-refractivity contribution is -0.0684. The number of rotatable bonds is 2. The molecule has 1 spiro atoms. The van der Waals surface area contributed by atoms with Crippen LogP contribution in [0.25, 0.3) is 0 Å². The van der Waals surface area contributed by atoms with Gasteiger partial charge < -0.3 is 0 Å². The molecule has 4 saturated heterocycles. The quantitative estimate of drug-likeness (QED) is 0.204. The van der Waals surface area contributed by atoms with Crippen LogP contribution in [0.15, 0.2) is 47.6 Å². The molecule has 4 heterocycles. The molecule has 0 aromatic carbocycles. The molecule has 0 N–H and O–H groups in total. The van der Waals surface area contributed by atoms with Gasteiger partial charge in [-0.1, -0.05) is 141 Å². The van der Waals surface area contributed by atoms with Gasteiger partial charge in [-0.05, 0) is 146 Å². The highest BCUT2D eigenvalue weighted by molar-refractivity contribution is 6.66. The van der Waals surface area contributed by atoms with Crippen molar-refractivity contribution in [3.8, 4) is 0 Å². The predicted molar refractivity (Wildman–Crippen MR) is 237 cm³/mol. The van der Waals surface area contributed by atoms with E-state index in [2.05, 4.69) is 102 Å². The van der Waals surface area contributed by atoms with Crippen LogP contribution in [-0.2, 0) is 0 Å². The van der Waals surface area contributed by atoms with Gasteiger partial charge in [0.05, 0.1) is 0 Å². The van der Waals surface area contributed by atoms with Crippen molar-refractivity contribution in [2.45, 2.75) is 224 Å². The number of allylic oxidation sites excluding steroid dienone is 6. The highest BCUT2D eigenvalue weighted by atomic mass is 15.3. The van der Waals surface area contributed by atoms with Gasteiger partial charge in [-0.2, -0.15) is 0 Å². The Morgan fingerprint density at radius 1 is 0.732 bits per heavy atom. The molecule has 0 aromatic heterocycles. The van der Waals surface area contributed by atoms with Crippen LogP contribution in [0.2, 0.25) is 17.5 Å². The molecule has 2 nitrogen and oxygen atoms in total. The first-order valence-electron chi connectivity index (χ1n) is 25.1. The van der Waals surface area contributed by atoms with Crippen LogP contribution in [-0.4, -0.2) is 52.3 Å². The fraction of sp³-hybridized carbons (Fsp3) is 0.849. The highest BCUT2D eigenvalue weighted by Gasteiger charge is 2.76. The Labute approximate surface area is 344 Å². The number of hydrogen-bond acceptors (Lipinski definition) is 2.